The maximum atomic E-state index is 8.66. The molecule has 66 valence electrons. The van der Waals surface area contributed by atoms with Crippen molar-refractivity contribution < 1.29 is 5.11 Å². The van der Waals surface area contributed by atoms with Gasteiger partial charge in [-0.15, -0.1) is 0 Å². The molecule has 1 N–H and O–H groups in total. The molecule has 0 saturated heterocycles. The number of hydrogen-bond acceptors (Lipinski definition) is 1. The summed E-state index contributed by atoms with van der Waals surface area (Å²) in [5.41, 5.74) is 1.12. The molecule has 0 bridgehead atoms. The Kier molecular flexibility index (Phi) is 4.45. The number of rotatable bonds is 3. The number of halogens is 2. The Morgan fingerprint density at radius 2 is 1.75 bits per heavy atom. The molecule has 1 aromatic carbocycles. The van der Waals surface area contributed by atoms with Crippen LogP contribution < -0.4 is 4.35 Å². The first-order valence-corrected chi connectivity index (χ1v) is 9.42. The van der Waals surface area contributed by atoms with Crippen molar-refractivity contribution in [1.82, 2.24) is 0 Å². The fourth-order valence-corrected chi connectivity index (χ4v) is 2.86. The fraction of sp³-hybridized carbons (Fsp3) is 0.250. The van der Waals surface area contributed by atoms with E-state index in [-0.39, 0.29) is 6.61 Å². The van der Waals surface area contributed by atoms with E-state index in [4.69, 9.17) is 25.0 Å². The van der Waals surface area contributed by atoms with Crippen molar-refractivity contribution in [1.29, 1.82) is 0 Å². The van der Waals surface area contributed by atoms with Crippen LogP contribution in [0.1, 0.15) is 5.56 Å². The first kappa shape index (κ1) is 10.4. The summed E-state index contributed by atoms with van der Waals surface area (Å²) in [5.74, 6) is 0. The van der Waals surface area contributed by atoms with E-state index in [1.54, 1.807) is 0 Å². The quantitative estimate of drug-likeness (QED) is 0.820. The summed E-state index contributed by atoms with van der Waals surface area (Å²) in [7, 11) is 11.6. The van der Waals surface area contributed by atoms with Crippen molar-refractivity contribution in [2.45, 2.75) is 6.42 Å². The summed E-state index contributed by atoms with van der Waals surface area (Å²) in [5, 5.41) is 8.66. The van der Waals surface area contributed by atoms with Gasteiger partial charge in [-0.25, -0.2) is 0 Å². The van der Waals surface area contributed by atoms with E-state index in [0.717, 1.165) is 9.91 Å². The average molecular weight is 267 g/mol. The topological polar surface area (TPSA) is 20.2 Å². The molecule has 0 aliphatic rings. The van der Waals surface area contributed by atoms with E-state index in [9.17, 15) is 0 Å². The molecule has 0 unspecified atom stereocenters. The van der Waals surface area contributed by atoms with Gasteiger partial charge in [-0.05, 0) is 0 Å². The van der Waals surface area contributed by atoms with Crippen molar-refractivity contribution in [3.05, 3.63) is 29.8 Å². The van der Waals surface area contributed by atoms with Gasteiger partial charge in [0.05, 0.1) is 0 Å². The number of hydrogen-bond donors (Lipinski definition) is 1. The molecular weight excluding hydrogens is 258 g/mol. The second-order valence-corrected chi connectivity index (χ2v) is 8.85. The normalized spacial score (nSPS) is 10.7. The Morgan fingerprint density at radius 3 is 2.17 bits per heavy atom. The van der Waals surface area contributed by atoms with Crippen molar-refractivity contribution in [3.8, 4) is 0 Å². The average Bonchev–Trinajstić information content (AvgIpc) is 2.06. The Balaban J connectivity index is 2.71. The summed E-state index contributed by atoms with van der Waals surface area (Å²) in [4.78, 5) is 0. The van der Waals surface area contributed by atoms with Gasteiger partial charge in [0.2, 0.25) is 0 Å². The standard InChI is InChI=1S/C8H9AsCl2O/c10-9(11)8-3-1-7(2-4-8)5-6-12/h1-4,12H,5-6H2. The van der Waals surface area contributed by atoms with E-state index in [0.29, 0.717) is 6.42 Å². The van der Waals surface area contributed by atoms with E-state index in [2.05, 4.69) is 0 Å². The molecule has 0 radical (unpaired) electrons. The van der Waals surface area contributed by atoms with Gasteiger partial charge in [0, 0.05) is 0 Å². The SMILES string of the molecule is OCCc1ccc([As](Cl)Cl)cc1. The van der Waals surface area contributed by atoms with Crippen LogP contribution in [0.2, 0.25) is 0 Å². The summed E-state index contributed by atoms with van der Waals surface area (Å²) < 4.78 is 1.03. The molecular formula is C8H9AsCl2O. The Bertz CT molecular complexity index is 235. The van der Waals surface area contributed by atoms with Crippen LogP contribution in [0.3, 0.4) is 0 Å². The second kappa shape index (κ2) is 5.14. The van der Waals surface area contributed by atoms with Crippen molar-refractivity contribution in [2.75, 3.05) is 6.61 Å². The molecule has 4 heteroatoms. The van der Waals surface area contributed by atoms with Crippen molar-refractivity contribution >= 4 is 37.0 Å². The third-order valence-corrected chi connectivity index (χ3v) is 5.00. The Morgan fingerprint density at radius 1 is 1.17 bits per heavy atom. The van der Waals surface area contributed by atoms with Crippen molar-refractivity contribution in [3.63, 3.8) is 0 Å². The molecule has 0 fully saturated rings. The van der Waals surface area contributed by atoms with E-state index in [1.807, 2.05) is 24.3 Å². The summed E-state index contributed by atoms with van der Waals surface area (Å²) >= 11 is -1.75. The Hall–Kier alpha value is 0.318. The molecule has 0 atom stereocenters. The monoisotopic (exact) mass is 266 g/mol. The summed E-state index contributed by atoms with van der Waals surface area (Å²) in [6.07, 6.45) is 0.692. The predicted octanol–water partition coefficient (Wildman–Crippen LogP) is 1.39. The van der Waals surface area contributed by atoms with Crippen LogP contribution in [0.4, 0.5) is 0 Å². The molecule has 0 saturated carbocycles. The summed E-state index contributed by atoms with van der Waals surface area (Å²) in [6.45, 7) is 0.183. The third kappa shape index (κ3) is 2.99. The Labute approximate surface area is 84.9 Å². The van der Waals surface area contributed by atoms with Gasteiger partial charge in [-0.3, -0.25) is 0 Å². The van der Waals surface area contributed by atoms with E-state index < -0.39 is 12.8 Å². The zero-order valence-electron chi connectivity index (χ0n) is 6.37. The first-order chi connectivity index (χ1) is 5.74. The van der Waals surface area contributed by atoms with Gasteiger partial charge < -0.3 is 0 Å². The predicted molar refractivity (Wildman–Crippen MR) is 54.3 cm³/mol. The van der Waals surface area contributed by atoms with Crippen LogP contribution in [0.25, 0.3) is 0 Å². The minimum atomic E-state index is -1.75. The molecule has 0 aliphatic heterocycles. The van der Waals surface area contributed by atoms with Gasteiger partial charge in [0.25, 0.3) is 0 Å². The molecule has 1 nitrogen and oxygen atoms in total. The zero-order chi connectivity index (χ0) is 8.97. The second-order valence-electron chi connectivity index (χ2n) is 2.37. The maximum absolute atomic E-state index is 8.66. The van der Waals surface area contributed by atoms with Gasteiger partial charge in [0.15, 0.2) is 0 Å². The van der Waals surface area contributed by atoms with Gasteiger partial charge in [-0.2, -0.15) is 0 Å². The minimum absolute atomic E-state index is 0.183. The molecule has 1 aromatic rings. The number of aliphatic hydroxyl groups is 1. The fourth-order valence-electron chi connectivity index (χ4n) is 0.904. The van der Waals surface area contributed by atoms with Crippen LogP contribution in [0.15, 0.2) is 24.3 Å². The van der Waals surface area contributed by atoms with Gasteiger partial charge >= 0.3 is 85.0 Å². The third-order valence-electron chi connectivity index (χ3n) is 1.53. The number of aliphatic hydroxyl groups excluding tert-OH is 1. The van der Waals surface area contributed by atoms with Crippen molar-refractivity contribution in [2.24, 2.45) is 0 Å². The van der Waals surface area contributed by atoms with Crippen LogP contribution in [-0.2, 0) is 6.42 Å². The first-order valence-electron chi connectivity index (χ1n) is 3.55. The van der Waals surface area contributed by atoms with Crippen LogP contribution >= 0.6 is 19.9 Å². The van der Waals surface area contributed by atoms with Gasteiger partial charge in [0.1, 0.15) is 0 Å². The van der Waals surface area contributed by atoms with Crippen LogP contribution in [0.5, 0.6) is 0 Å². The van der Waals surface area contributed by atoms with Gasteiger partial charge in [-0.1, -0.05) is 0 Å². The molecule has 0 spiro atoms. The zero-order valence-corrected chi connectivity index (χ0v) is 9.76. The molecule has 0 aliphatic carbocycles. The molecule has 1 rings (SSSR count). The number of benzene rings is 1. The summed E-state index contributed by atoms with van der Waals surface area (Å²) in [6, 6.07) is 7.78. The molecule has 0 amide bonds. The molecule has 0 heterocycles. The van der Waals surface area contributed by atoms with E-state index in [1.165, 1.54) is 0 Å². The van der Waals surface area contributed by atoms with Crippen LogP contribution in [0, 0.1) is 0 Å². The molecule has 12 heavy (non-hydrogen) atoms. The molecule has 0 aromatic heterocycles. The van der Waals surface area contributed by atoms with Crippen LogP contribution in [-0.4, -0.2) is 24.5 Å². The van der Waals surface area contributed by atoms with E-state index >= 15 is 0 Å².